The van der Waals surface area contributed by atoms with Crippen LogP contribution < -0.4 is 4.90 Å². The van der Waals surface area contributed by atoms with Crippen LogP contribution in [0.25, 0.3) is 0 Å². The number of anilines is 1. The lowest BCUT2D eigenvalue weighted by Crippen LogP contribution is -2.27. The second-order valence-corrected chi connectivity index (χ2v) is 5.41. The molecule has 0 aliphatic carbocycles. The Bertz CT molecular complexity index is 377. The summed E-state index contributed by atoms with van der Waals surface area (Å²) in [6.45, 7) is 5.20. The van der Waals surface area contributed by atoms with Crippen LogP contribution in [0.4, 0.5) is 5.69 Å². The van der Waals surface area contributed by atoms with E-state index in [1.54, 1.807) is 6.92 Å². The van der Waals surface area contributed by atoms with Gasteiger partial charge in [0.2, 0.25) is 0 Å². The Labute approximate surface area is 109 Å². The number of hydrogen-bond donors (Lipinski definition) is 1. The second-order valence-electron chi connectivity index (χ2n) is 5.41. The first-order chi connectivity index (χ1) is 8.56. The Balaban J connectivity index is 1.94. The van der Waals surface area contributed by atoms with Crippen LogP contribution in [0.5, 0.6) is 0 Å². The van der Waals surface area contributed by atoms with Gasteiger partial charge in [0.25, 0.3) is 0 Å². The van der Waals surface area contributed by atoms with E-state index in [4.69, 9.17) is 0 Å². The van der Waals surface area contributed by atoms with E-state index >= 15 is 0 Å². The molecule has 18 heavy (non-hydrogen) atoms. The van der Waals surface area contributed by atoms with Gasteiger partial charge >= 0.3 is 0 Å². The van der Waals surface area contributed by atoms with Crippen LogP contribution in [0, 0.1) is 5.92 Å². The van der Waals surface area contributed by atoms with E-state index in [-0.39, 0.29) is 0 Å². The number of likely N-dealkylation sites (tertiary alicyclic amines) is 1. The van der Waals surface area contributed by atoms with Gasteiger partial charge in [-0.3, -0.25) is 4.98 Å². The average molecular weight is 249 g/mol. The Morgan fingerprint density at radius 1 is 1.56 bits per heavy atom. The minimum absolute atomic E-state index is 0.493. The number of aliphatic hydroxyl groups excluding tert-OH is 1. The van der Waals surface area contributed by atoms with Gasteiger partial charge in [0.05, 0.1) is 23.7 Å². The molecule has 0 radical (unpaired) electrons. The highest BCUT2D eigenvalue weighted by Gasteiger charge is 2.20. The maximum Gasteiger partial charge on any atom is 0.0931 e. The van der Waals surface area contributed by atoms with Crippen LogP contribution in [0.2, 0.25) is 0 Å². The fraction of sp³-hybridized carbons (Fsp3) is 0.643. The molecule has 1 unspecified atom stereocenters. The SMILES string of the molecule is C[C@@H](O)c1ccc(N(C)CC2CCN(C)C2)cn1. The third kappa shape index (κ3) is 3.21. The van der Waals surface area contributed by atoms with E-state index in [1.165, 1.54) is 19.5 Å². The van der Waals surface area contributed by atoms with Crippen molar-refractivity contribution in [2.45, 2.75) is 19.4 Å². The van der Waals surface area contributed by atoms with Crippen molar-refractivity contribution in [3.63, 3.8) is 0 Å². The quantitative estimate of drug-likeness (QED) is 0.878. The van der Waals surface area contributed by atoms with Crippen molar-refractivity contribution >= 4 is 5.69 Å². The van der Waals surface area contributed by atoms with E-state index in [0.717, 1.165) is 23.8 Å². The predicted octanol–water partition coefficient (Wildman–Crippen LogP) is 1.52. The fourth-order valence-corrected chi connectivity index (χ4v) is 2.54. The highest BCUT2D eigenvalue weighted by molar-refractivity contribution is 5.43. The molecule has 0 bridgehead atoms. The van der Waals surface area contributed by atoms with Gasteiger partial charge < -0.3 is 14.9 Å². The van der Waals surface area contributed by atoms with Crippen molar-refractivity contribution in [3.05, 3.63) is 24.0 Å². The zero-order valence-corrected chi connectivity index (χ0v) is 11.5. The zero-order valence-electron chi connectivity index (χ0n) is 11.5. The highest BCUT2D eigenvalue weighted by Crippen LogP contribution is 2.20. The minimum Gasteiger partial charge on any atom is -0.387 e. The molecule has 2 atom stereocenters. The Morgan fingerprint density at radius 2 is 2.33 bits per heavy atom. The maximum absolute atomic E-state index is 9.43. The van der Waals surface area contributed by atoms with Gasteiger partial charge in [-0.1, -0.05) is 0 Å². The molecule has 1 aromatic rings. The number of nitrogens with zero attached hydrogens (tertiary/aromatic N) is 3. The molecule has 0 aromatic carbocycles. The van der Waals surface area contributed by atoms with Crippen molar-refractivity contribution in [1.29, 1.82) is 0 Å². The molecule has 2 rings (SSSR count). The molecule has 4 heteroatoms. The van der Waals surface area contributed by atoms with Gasteiger partial charge in [0.1, 0.15) is 0 Å². The Hall–Kier alpha value is -1.13. The van der Waals surface area contributed by atoms with Crippen LogP contribution in [0.3, 0.4) is 0 Å². The first kappa shape index (κ1) is 13.3. The van der Waals surface area contributed by atoms with Crippen LogP contribution >= 0.6 is 0 Å². The van der Waals surface area contributed by atoms with Crippen molar-refractivity contribution in [1.82, 2.24) is 9.88 Å². The van der Waals surface area contributed by atoms with Gasteiger partial charge in [0.15, 0.2) is 0 Å². The fourth-order valence-electron chi connectivity index (χ4n) is 2.54. The summed E-state index contributed by atoms with van der Waals surface area (Å²) in [7, 11) is 4.29. The molecule has 0 spiro atoms. The third-order valence-electron chi connectivity index (χ3n) is 3.66. The van der Waals surface area contributed by atoms with Crippen molar-refractivity contribution in [2.24, 2.45) is 5.92 Å². The van der Waals surface area contributed by atoms with E-state index in [2.05, 4.69) is 28.9 Å². The van der Waals surface area contributed by atoms with E-state index in [9.17, 15) is 5.11 Å². The summed E-state index contributed by atoms with van der Waals surface area (Å²) in [5.74, 6) is 0.747. The topological polar surface area (TPSA) is 39.6 Å². The van der Waals surface area contributed by atoms with E-state index in [1.807, 2.05) is 18.3 Å². The summed E-state index contributed by atoms with van der Waals surface area (Å²) in [6.07, 6.45) is 2.63. The second kappa shape index (κ2) is 5.67. The molecule has 2 heterocycles. The monoisotopic (exact) mass is 249 g/mol. The number of hydrogen-bond acceptors (Lipinski definition) is 4. The van der Waals surface area contributed by atoms with Crippen LogP contribution in [0.1, 0.15) is 25.1 Å². The average Bonchev–Trinajstić information content (AvgIpc) is 2.75. The molecule has 1 aliphatic rings. The lowest BCUT2D eigenvalue weighted by atomic mass is 10.1. The van der Waals surface area contributed by atoms with Gasteiger partial charge in [-0.05, 0) is 45.0 Å². The summed E-state index contributed by atoms with van der Waals surface area (Å²) < 4.78 is 0. The molecular formula is C14H23N3O. The number of aromatic nitrogens is 1. The van der Waals surface area contributed by atoms with Gasteiger partial charge in [0, 0.05) is 20.1 Å². The first-order valence-corrected chi connectivity index (χ1v) is 6.60. The van der Waals surface area contributed by atoms with Gasteiger partial charge in [-0.2, -0.15) is 0 Å². The van der Waals surface area contributed by atoms with Gasteiger partial charge in [-0.25, -0.2) is 0 Å². The normalized spacial score (nSPS) is 22.1. The lowest BCUT2D eigenvalue weighted by molar-refractivity contribution is 0.194. The molecule has 4 nitrogen and oxygen atoms in total. The molecule has 1 fully saturated rings. The van der Waals surface area contributed by atoms with Gasteiger partial charge in [-0.15, -0.1) is 0 Å². The molecule has 0 amide bonds. The summed E-state index contributed by atoms with van der Waals surface area (Å²) in [4.78, 5) is 8.92. The number of pyridine rings is 1. The lowest BCUT2D eigenvalue weighted by Gasteiger charge is -2.23. The first-order valence-electron chi connectivity index (χ1n) is 6.60. The minimum atomic E-state index is -0.493. The molecule has 1 saturated heterocycles. The van der Waals surface area contributed by atoms with Crippen LogP contribution in [-0.2, 0) is 0 Å². The largest absolute Gasteiger partial charge is 0.387 e. The Kier molecular flexibility index (Phi) is 4.19. The molecule has 0 saturated carbocycles. The summed E-state index contributed by atoms with van der Waals surface area (Å²) >= 11 is 0. The third-order valence-corrected chi connectivity index (χ3v) is 3.66. The standard InChI is InChI=1S/C14H23N3O/c1-11(18)14-5-4-13(8-15-14)17(3)10-12-6-7-16(2)9-12/h4-5,8,11-12,18H,6-7,9-10H2,1-3H3/t11-,12?/m1/s1. The number of rotatable bonds is 4. The zero-order chi connectivity index (χ0) is 13.1. The van der Waals surface area contributed by atoms with Crippen molar-refractivity contribution in [2.75, 3.05) is 38.6 Å². The molecule has 1 aromatic heterocycles. The van der Waals surface area contributed by atoms with Crippen LogP contribution in [-0.4, -0.2) is 48.7 Å². The maximum atomic E-state index is 9.43. The van der Waals surface area contributed by atoms with Crippen molar-refractivity contribution in [3.8, 4) is 0 Å². The van der Waals surface area contributed by atoms with E-state index in [0.29, 0.717) is 0 Å². The highest BCUT2D eigenvalue weighted by atomic mass is 16.3. The summed E-state index contributed by atoms with van der Waals surface area (Å²) in [5, 5.41) is 9.43. The van der Waals surface area contributed by atoms with Crippen LogP contribution in [0.15, 0.2) is 18.3 Å². The summed E-state index contributed by atoms with van der Waals surface area (Å²) in [6, 6.07) is 3.94. The molecule has 1 N–H and O–H groups in total. The van der Waals surface area contributed by atoms with E-state index < -0.39 is 6.10 Å². The summed E-state index contributed by atoms with van der Waals surface area (Å²) in [5.41, 5.74) is 1.85. The molecule has 100 valence electrons. The smallest absolute Gasteiger partial charge is 0.0931 e. The number of aliphatic hydroxyl groups is 1. The van der Waals surface area contributed by atoms with Crippen molar-refractivity contribution < 1.29 is 5.11 Å². The Morgan fingerprint density at radius 3 is 2.83 bits per heavy atom. The predicted molar refractivity (Wildman–Crippen MR) is 73.7 cm³/mol. The molecular weight excluding hydrogens is 226 g/mol. The molecule has 1 aliphatic heterocycles.